The first-order valence-corrected chi connectivity index (χ1v) is 9.32. The zero-order valence-corrected chi connectivity index (χ0v) is 14.7. The van der Waals surface area contributed by atoms with Gasteiger partial charge in [-0.3, -0.25) is 4.79 Å². The Labute approximate surface area is 152 Å². The number of rotatable bonds is 8. The van der Waals surface area contributed by atoms with E-state index in [2.05, 4.69) is 20.8 Å². The van der Waals surface area contributed by atoms with Gasteiger partial charge in [0.1, 0.15) is 5.75 Å². The van der Waals surface area contributed by atoms with Gasteiger partial charge < -0.3 is 19.9 Å². The second-order valence-corrected chi connectivity index (χ2v) is 7.08. The van der Waals surface area contributed by atoms with Crippen LogP contribution in [0.3, 0.4) is 0 Å². The van der Waals surface area contributed by atoms with E-state index in [1.165, 1.54) is 6.42 Å². The summed E-state index contributed by atoms with van der Waals surface area (Å²) < 4.78 is 10.9. The highest BCUT2D eigenvalue weighted by molar-refractivity contribution is 5.90. The van der Waals surface area contributed by atoms with Crippen molar-refractivity contribution >= 4 is 11.6 Å². The van der Waals surface area contributed by atoms with Crippen molar-refractivity contribution in [1.82, 2.24) is 15.5 Å². The zero-order valence-electron chi connectivity index (χ0n) is 14.7. The maximum atomic E-state index is 12.0. The number of hydrogen-bond donors (Lipinski definition) is 2. The third-order valence-electron chi connectivity index (χ3n) is 4.86. The number of nitrogens with zero attached hydrogens (tertiary/aromatic N) is 2. The molecule has 0 bridgehead atoms. The van der Waals surface area contributed by atoms with Crippen molar-refractivity contribution < 1.29 is 14.1 Å². The Morgan fingerprint density at radius 2 is 2.12 bits per heavy atom. The van der Waals surface area contributed by atoms with Gasteiger partial charge in [-0.25, -0.2) is 0 Å². The Morgan fingerprint density at radius 3 is 2.85 bits per heavy atom. The van der Waals surface area contributed by atoms with Crippen LogP contribution in [-0.4, -0.2) is 29.1 Å². The number of carbonyl (C=O) groups is 1. The van der Waals surface area contributed by atoms with Gasteiger partial charge >= 0.3 is 0 Å². The molecule has 1 amide bonds. The van der Waals surface area contributed by atoms with Gasteiger partial charge in [0.25, 0.3) is 0 Å². The highest BCUT2D eigenvalue weighted by Gasteiger charge is 2.29. The first kappa shape index (κ1) is 17.0. The lowest BCUT2D eigenvalue weighted by atomic mass is 10.0. The van der Waals surface area contributed by atoms with Gasteiger partial charge in [-0.05, 0) is 69.0 Å². The van der Waals surface area contributed by atoms with Crippen molar-refractivity contribution in [2.45, 2.75) is 44.6 Å². The largest absolute Gasteiger partial charge is 0.485 e. The number of nitrogens with one attached hydrogen (secondary N) is 2. The van der Waals surface area contributed by atoms with Crippen LogP contribution in [0.1, 0.15) is 49.7 Å². The van der Waals surface area contributed by atoms with Gasteiger partial charge in [0.2, 0.25) is 17.6 Å². The van der Waals surface area contributed by atoms with Crippen molar-refractivity contribution in [3.8, 4) is 5.75 Å². The molecule has 1 aromatic carbocycles. The second kappa shape index (κ2) is 7.86. The van der Waals surface area contributed by atoms with E-state index in [4.69, 9.17) is 9.26 Å². The van der Waals surface area contributed by atoms with Crippen LogP contribution < -0.4 is 15.4 Å². The van der Waals surface area contributed by atoms with E-state index in [9.17, 15) is 4.79 Å². The van der Waals surface area contributed by atoms with Crippen molar-refractivity contribution in [3.05, 3.63) is 36.0 Å². The van der Waals surface area contributed by atoms with Crippen LogP contribution in [0.2, 0.25) is 0 Å². The van der Waals surface area contributed by atoms with Crippen molar-refractivity contribution in [1.29, 1.82) is 0 Å². The van der Waals surface area contributed by atoms with Crippen LogP contribution in [0, 0.1) is 5.92 Å². The van der Waals surface area contributed by atoms with E-state index in [0.717, 1.165) is 43.9 Å². The number of ether oxygens (including phenoxy) is 1. The zero-order chi connectivity index (χ0) is 17.8. The van der Waals surface area contributed by atoms with Gasteiger partial charge in [0.15, 0.2) is 6.61 Å². The maximum Gasteiger partial charge on any atom is 0.229 e. The summed E-state index contributed by atoms with van der Waals surface area (Å²) in [5.74, 6) is 3.12. The lowest BCUT2D eigenvalue weighted by molar-refractivity contribution is -0.116. The minimum absolute atomic E-state index is 0.0602. The number of carbonyl (C=O) groups excluding carboxylic acids is 1. The van der Waals surface area contributed by atoms with Crippen LogP contribution in [0.15, 0.2) is 28.8 Å². The highest BCUT2D eigenvalue weighted by atomic mass is 16.5. The SMILES string of the molecule is O=C(CCC1CCNC1)Nc1ccc(OCc2noc(C3CC3)n2)cc1. The minimum atomic E-state index is 0.0602. The van der Waals surface area contributed by atoms with Crippen molar-refractivity contribution in [2.24, 2.45) is 5.92 Å². The van der Waals surface area contributed by atoms with E-state index in [1.807, 2.05) is 24.3 Å². The van der Waals surface area contributed by atoms with Gasteiger partial charge in [0, 0.05) is 18.0 Å². The van der Waals surface area contributed by atoms with Gasteiger partial charge in [-0.1, -0.05) is 5.16 Å². The fourth-order valence-electron chi connectivity index (χ4n) is 3.12. The first-order chi connectivity index (χ1) is 12.8. The minimum Gasteiger partial charge on any atom is -0.485 e. The molecule has 7 nitrogen and oxygen atoms in total. The van der Waals surface area contributed by atoms with Crippen LogP contribution >= 0.6 is 0 Å². The summed E-state index contributed by atoms with van der Waals surface area (Å²) in [4.78, 5) is 16.4. The molecule has 1 saturated carbocycles. The van der Waals surface area contributed by atoms with E-state index < -0.39 is 0 Å². The van der Waals surface area contributed by atoms with Crippen LogP contribution in [0.5, 0.6) is 5.75 Å². The monoisotopic (exact) mass is 356 g/mol. The molecule has 4 rings (SSSR count). The molecular weight excluding hydrogens is 332 g/mol. The quantitative estimate of drug-likeness (QED) is 0.756. The smallest absolute Gasteiger partial charge is 0.229 e. The number of benzene rings is 1. The molecule has 1 aliphatic heterocycles. The number of hydrogen-bond acceptors (Lipinski definition) is 6. The summed E-state index contributed by atoms with van der Waals surface area (Å²) in [6, 6.07) is 7.35. The summed E-state index contributed by atoms with van der Waals surface area (Å²) >= 11 is 0. The molecule has 1 aromatic heterocycles. The molecule has 0 radical (unpaired) electrons. The van der Waals surface area contributed by atoms with Crippen LogP contribution in [0.4, 0.5) is 5.69 Å². The predicted molar refractivity (Wildman–Crippen MR) is 95.9 cm³/mol. The summed E-state index contributed by atoms with van der Waals surface area (Å²) in [5.41, 5.74) is 0.780. The fourth-order valence-corrected chi connectivity index (χ4v) is 3.12. The third kappa shape index (κ3) is 4.60. The molecule has 1 saturated heterocycles. The molecule has 7 heteroatoms. The molecule has 0 spiro atoms. The molecule has 2 aliphatic rings. The summed E-state index contributed by atoms with van der Waals surface area (Å²) in [5, 5.41) is 10.2. The first-order valence-electron chi connectivity index (χ1n) is 9.32. The second-order valence-electron chi connectivity index (χ2n) is 7.08. The molecule has 2 heterocycles. The lowest BCUT2D eigenvalue weighted by Gasteiger charge is -2.09. The third-order valence-corrected chi connectivity index (χ3v) is 4.86. The summed E-state index contributed by atoms with van der Waals surface area (Å²) in [7, 11) is 0. The van der Waals surface area contributed by atoms with Gasteiger partial charge in [-0.15, -0.1) is 0 Å². The predicted octanol–water partition coefficient (Wildman–Crippen LogP) is 2.85. The normalized spacial score (nSPS) is 19.5. The molecule has 1 unspecified atom stereocenters. The molecule has 2 aromatic rings. The average Bonchev–Trinajstić information content (AvgIpc) is 3.18. The van der Waals surface area contributed by atoms with E-state index in [-0.39, 0.29) is 12.5 Å². The Kier molecular flexibility index (Phi) is 5.15. The standard InChI is InChI=1S/C19H24N4O3/c24-18(8-1-13-9-10-20-11-13)21-15-4-6-16(7-5-15)25-12-17-22-19(26-23-17)14-2-3-14/h4-7,13-14,20H,1-3,8-12H2,(H,21,24). The van der Waals surface area contributed by atoms with Gasteiger partial charge in [-0.2, -0.15) is 4.98 Å². The Hall–Kier alpha value is -2.41. The van der Waals surface area contributed by atoms with E-state index >= 15 is 0 Å². The molecule has 2 N–H and O–H groups in total. The molecule has 1 aliphatic carbocycles. The highest BCUT2D eigenvalue weighted by Crippen LogP contribution is 2.38. The van der Waals surface area contributed by atoms with Crippen molar-refractivity contribution in [3.63, 3.8) is 0 Å². The lowest BCUT2D eigenvalue weighted by Crippen LogP contribution is -2.14. The molecule has 1 atom stereocenters. The Morgan fingerprint density at radius 1 is 1.27 bits per heavy atom. The Bertz CT molecular complexity index is 733. The number of aromatic nitrogens is 2. The number of amides is 1. The Balaban J connectivity index is 1.21. The number of anilines is 1. The summed E-state index contributed by atoms with van der Waals surface area (Å²) in [6.45, 7) is 2.37. The topological polar surface area (TPSA) is 89.3 Å². The average molecular weight is 356 g/mol. The van der Waals surface area contributed by atoms with E-state index in [0.29, 0.717) is 29.8 Å². The molecule has 138 valence electrons. The molecule has 2 fully saturated rings. The summed E-state index contributed by atoms with van der Waals surface area (Å²) in [6.07, 6.45) is 4.93. The van der Waals surface area contributed by atoms with Gasteiger partial charge in [0.05, 0.1) is 0 Å². The van der Waals surface area contributed by atoms with Crippen molar-refractivity contribution in [2.75, 3.05) is 18.4 Å². The fraction of sp³-hybridized carbons (Fsp3) is 0.526. The molecular formula is C19H24N4O3. The van der Waals surface area contributed by atoms with E-state index in [1.54, 1.807) is 0 Å². The van der Waals surface area contributed by atoms with Crippen LogP contribution in [-0.2, 0) is 11.4 Å². The molecule has 26 heavy (non-hydrogen) atoms. The van der Waals surface area contributed by atoms with Crippen LogP contribution in [0.25, 0.3) is 0 Å². The maximum absolute atomic E-state index is 12.0.